The van der Waals surface area contributed by atoms with Crippen LogP contribution in [0.15, 0.2) is 29.3 Å². The minimum absolute atomic E-state index is 0.722. The number of guanidine groups is 1. The van der Waals surface area contributed by atoms with Gasteiger partial charge in [-0.05, 0) is 63.4 Å². The molecular weight excluding hydrogens is 334 g/mol. The van der Waals surface area contributed by atoms with Crippen molar-refractivity contribution in [2.75, 3.05) is 39.3 Å². The van der Waals surface area contributed by atoms with Crippen LogP contribution in [0, 0.1) is 0 Å². The van der Waals surface area contributed by atoms with Crippen molar-refractivity contribution in [3.63, 3.8) is 0 Å². The van der Waals surface area contributed by atoms with Crippen LogP contribution in [0.5, 0.6) is 0 Å². The molecule has 1 heterocycles. The van der Waals surface area contributed by atoms with Gasteiger partial charge in [-0.2, -0.15) is 0 Å². The highest BCUT2D eigenvalue weighted by molar-refractivity contribution is 5.79. The molecule has 1 saturated heterocycles. The summed E-state index contributed by atoms with van der Waals surface area (Å²) in [5, 5.41) is 6.85. The first kappa shape index (κ1) is 20.2. The van der Waals surface area contributed by atoms with E-state index in [0.29, 0.717) is 0 Å². The largest absolute Gasteiger partial charge is 0.357 e. The molecule has 0 amide bonds. The lowest BCUT2D eigenvalue weighted by Gasteiger charge is -2.20. The standard InChI is InChI=1S/C22H37N5/c1-3-23-22(24-13-16-27(4-2)21-11-12-21)25-17-19-7-9-20(10-8-19)18-26-14-5-6-15-26/h7-10,21H,3-6,11-18H2,1-2H3,(H2,23,24,25). The van der Waals surface area contributed by atoms with Gasteiger partial charge in [0.05, 0.1) is 6.54 Å². The second-order valence-electron chi connectivity index (χ2n) is 7.78. The lowest BCUT2D eigenvalue weighted by atomic mass is 10.1. The van der Waals surface area contributed by atoms with Crippen molar-refractivity contribution in [2.24, 2.45) is 4.99 Å². The zero-order valence-corrected chi connectivity index (χ0v) is 17.2. The van der Waals surface area contributed by atoms with Crippen LogP contribution < -0.4 is 10.6 Å². The van der Waals surface area contributed by atoms with Crippen LogP contribution >= 0.6 is 0 Å². The predicted octanol–water partition coefficient (Wildman–Crippen LogP) is 2.82. The van der Waals surface area contributed by atoms with Crippen molar-refractivity contribution in [3.8, 4) is 0 Å². The number of benzene rings is 1. The van der Waals surface area contributed by atoms with Gasteiger partial charge in [0.1, 0.15) is 0 Å². The Kier molecular flexibility index (Phi) is 7.96. The third-order valence-corrected chi connectivity index (χ3v) is 5.55. The summed E-state index contributed by atoms with van der Waals surface area (Å²) in [6.45, 7) is 12.8. The van der Waals surface area contributed by atoms with Gasteiger partial charge in [-0.1, -0.05) is 31.2 Å². The molecule has 1 saturated carbocycles. The van der Waals surface area contributed by atoms with Crippen LogP contribution in [0.3, 0.4) is 0 Å². The second kappa shape index (κ2) is 10.7. The average molecular weight is 372 g/mol. The Balaban J connectivity index is 1.45. The van der Waals surface area contributed by atoms with Gasteiger partial charge in [0.25, 0.3) is 0 Å². The molecule has 0 aromatic heterocycles. The highest BCUT2D eigenvalue weighted by Crippen LogP contribution is 2.25. The number of nitrogens with one attached hydrogen (secondary N) is 2. The number of likely N-dealkylation sites (tertiary alicyclic amines) is 1. The maximum Gasteiger partial charge on any atom is 0.191 e. The summed E-state index contributed by atoms with van der Waals surface area (Å²) in [4.78, 5) is 9.87. The van der Waals surface area contributed by atoms with Gasteiger partial charge in [-0.3, -0.25) is 9.80 Å². The first-order valence-electron chi connectivity index (χ1n) is 10.8. The number of aliphatic imine (C=N–C) groups is 1. The number of likely N-dealkylation sites (N-methyl/N-ethyl adjacent to an activating group) is 1. The van der Waals surface area contributed by atoms with Crippen LogP contribution in [-0.2, 0) is 13.1 Å². The zero-order valence-electron chi connectivity index (χ0n) is 17.2. The topological polar surface area (TPSA) is 42.9 Å². The summed E-state index contributed by atoms with van der Waals surface area (Å²) < 4.78 is 0. The van der Waals surface area contributed by atoms with Crippen LogP contribution in [0.1, 0.15) is 50.7 Å². The average Bonchev–Trinajstić information content (AvgIpc) is 3.40. The fraction of sp³-hybridized carbons (Fsp3) is 0.682. The minimum atomic E-state index is 0.722. The lowest BCUT2D eigenvalue weighted by molar-refractivity contribution is 0.282. The Hall–Kier alpha value is -1.59. The SMILES string of the molecule is CCNC(=NCc1ccc(CN2CCCC2)cc1)NCCN(CC)C1CC1. The van der Waals surface area contributed by atoms with Crippen molar-refractivity contribution in [3.05, 3.63) is 35.4 Å². The molecule has 0 spiro atoms. The van der Waals surface area contributed by atoms with Gasteiger partial charge < -0.3 is 10.6 Å². The molecule has 1 aromatic carbocycles. The molecule has 1 aromatic rings. The fourth-order valence-corrected chi connectivity index (χ4v) is 3.82. The summed E-state index contributed by atoms with van der Waals surface area (Å²) in [5.41, 5.74) is 2.68. The minimum Gasteiger partial charge on any atom is -0.357 e. The van der Waals surface area contributed by atoms with Crippen molar-refractivity contribution in [1.29, 1.82) is 0 Å². The van der Waals surface area contributed by atoms with E-state index >= 15 is 0 Å². The number of hydrogen-bond acceptors (Lipinski definition) is 3. The van der Waals surface area contributed by atoms with E-state index in [0.717, 1.165) is 51.3 Å². The molecule has 2 fully saturated rings. The molecule has 0 radical (unpaired) electrons. The van der Waals surface area contributed by atoms with Gasteiger partial charge >= 0.3 is 0 Å². The van der Waals surface area contributed by atoms with E-state index in [-0.39, 0.29) is 0 Å². The molecule has 0 atom stereocenters. The first-order valence-corrected chi connectivity index (χ1v) is 10.8. The van der Waals surface area contributed by atoms with Crippen LogP contribution in [0.25, 0.3) is 0 Å². The van der Waals surface area contributed by atoms with Gasteiger partial charge in [0, 0.05) is 32.2 Å². The maximum absolute atomic E-state index is 4.77. The molecule has 1 aliphatic heterocycles. The van der Waals surface area contributed by atoms with Gasteiger partial charge in [0.15, 0.2) is 5.96 Å². The van der Waals surface area contributed by atoms with E-state index in [1.165, 1.54) is 49.9 Å². The van der Waals surface area contributed by atoms with E-state index in [1.54, 1.807) is 0 Å². The van der Waals surface area contributed by atoms with Crippen molar-refractivity contribution < 1.29 is 0 Å². The lowest BCUT2D eigenvalue weighted by Crippen LogP contribution is -2.42. The quantitative estimate of drug-likeness (QED) is 0.490. The number of hydrogen-bond donors (Lipinski definition) is 2. The third-order valence-electron chi connectivity index (χ3n) is 5.55. The molecule has 2 N–H and O–H groups in total. The summed E-state index contributed by atoms with van der Waals surface area (Å²) in [5.74, 6) is 0.922. The van der Waals surface area contributed by atoms with Gasteiger partial charge in [-0.25, -0.2) is 4.99 Å². The van der Waals surface area contributed by atoms with E-state index < -0.39 is 0 Å². The Labute approximate surface area is 165 Å². The van der Waals surface area contributed by atoms with E-state index in [4.69, 9.17) is 4.99 Å². The highest BCUT2D eigenvalue weighted by Gasteiger charge is 2.27. The second-order valence-corrected chi connectivity index (χ2v) is 7.78. The molecular formula is C22H37N5. The predicted molar refractivity (Wildman–Crippen MR) is 114 cm³/mol. The molecule has 3 rings (SSSR count). The van der Waals surface area contributed by atoms with Crippen molar-refractivity contribution in [1.82, 2.24) is 20.4 Å². The van der Waals surface area contributed by atoms with Crippen molar-refractivity contribution in [2.45, 2.75) is 58.7 Å². The Morgan fingerprint density at radius 1 is 1.07 bits per heavy atom. The fourth-order valence-electron chi connectivity index (χ4n) is 3.82. The maximum atomic E-state index is 4.77. The molecule has 1 aliphatic carbocycles. The summed E-state index contributed by atoms with van der Waals surface area (Å²) in [7, 11) is 0. The number of rotatable bonds is 10. The van der Waals surface area contributed by atoms with E-state index in [9.17, 15) is 0 Å². The third kappa shape index (κ3) is 6.82. The number of nitrogens with zero attached hydrogens (tertiary/aromatic N) is 3. The van der Waals surface area contributed by atoms with Gasteiger partial charge in [-0.15, -0.1) is 0 Å². The molecule has 5 nitrogen and oxygen atoms in total. The molecule has 27 heavy (non-hydrogen) atoms. The molecule has 0 bridgehead atoms. The normalized spacial score (nSPS) is 18.3. The molecule has 150 valence electrons. The smallest absolute Gasteiger partial charge is 0.191 e. The van der Waals surface area contributed by atoms with Crippen LogP contribution in [-0.4, -0.2) is 61.1 Å². The zero-order chi connectivity index (χ0) is 18.9. The molecule has 2 aliphatic rings. The first-order chi connectivity index (χ1) is 13.3. The van der Waals surface area contributed by atoms with Crippen LogP contribution in [0.2, 0.25) is 0 Å². The summed E-state index contributed by atoms with van der Waals surface area (Å²) in [6.07, 6.45) is 5.44. The Bertz CT molecular complexity index is 573. The summed E-state index contributed by atoms with van der Waals surface area (Å²) in [6, 6.07) is 9.81. The van der Waals surface area contributed by atoms with E-state index in [2.05, 4.69) is 58.5 Å². The van der Waals surface area contributed by atoms with Crippen molar-refractivity contribution >= 4 is 5.96 Å². The Morgan fingerprint density at radius 3 is 2.41 bits per heavy atom. The monoisotopic (exact) mass is 371 g/mol. The van der Waals surface area contributed by atoms with Gasteiger partial charge in [0.2, 0.25) is 0 Å². The van der Waals surface area contributed by atoms with Crippen LogP contribution in [0.4, 0.5) is 0 Å². The molecule has 5 heteroatoms. The summed E-state index contributed by atoms with van der Waals surface area (Å²) >= 11 is 0. The molecule has 0 unspecified atom stereocenters. The highest BCUT2D eigenvalue weighted by atomic mass is 15.2. The van der Waals surface area contributed by atoms with E-state index in [1.807, 2.05) is 0 Å². The Morgan fingerprint density at radius 2 is 1.78 bits per heavy atom.